The first-order valence-electron chi connectivity index (χ1n) is 3.67. The third kappa shape index (κ3) is 1.18. The van der Waals surface area contributed by atoms with Crippen molar-refractivity contribution in [3.8, 4) is 0 Å². The van der Waals surface area contributed by atoms with E-state index >= 15 is 0 Å². The highest BCUT2D eigenvalue weighted by molar-refractivity contribution is 6.00. The van der Waals surface area contributed by atoms with Gasteiger partial charge in [0.05, 0.1) is 6.42 Å². The van der Waals surface area contributed by atoms with Crippen LogP contribution in [0.5, 0.6) is 0 Å². The maximum absolute atomic E-state index is 11.2. The number of carbonyl (C=O) groups excluding carboxylic acids is 2. The van der Waals surface area contributed by atoms with Gasteiger partial charge < -0.3 is 4.74 Å². The van der Waals surface area contributed by atoms with Crippen molar-refractivity contribution in [2.75, 3.05) is 0 Å². The molecule has 0 aromatic carbocycles. The molecule has 0 aromatic heterocycles. The number of rotatable bonds is 2. The summed E-state index contributed by atoms with van der Waals surface area (Å²) in [6.45, 7) is 5.29. The van der Waals surface area contributed by atoms with Crippen molar-refractivity contribution in [3.63, 3.8) is 0 Å². The number of ether oxygens (including phenoxy) is 1. The molecule has 1 heterocycles. The molecule has 3 nitrogen and oxygen atoms in total. The molecule has 1 saturated heterocycles. The van der Waals surface area contributed by atoms with Gasteiger partial charge in [0.2, 0.25) is 0 Å². The van der Waals surface area contributed by atoms with Gasteiger partial charge in [0.25, 0.3) is 0 Å². The van der Waals surface area contributed by atoms with E-state index in [2.05, 4.69) is 11.3 Å². The van der Waals surface area contributed by atoms with Gasteiger partial charge in [0, 0.05) is 0 Å². The van der Waals surface area contributed by atoms with Crippen molar-refractivity contribution >= 4 is 11.9 Å². The number of cyclic esters (lactones) is 2. The van der Waals surface area contributed by atoms with Crippen molar-refractivity contribution in [2.45, 2.75) is 13.3 Å². The van der Waals surface area contributed by atoms with Crippen LogP contribution in [0.4, 0.5) is 0 Å². The molecule has 0 aromatic rings. The van der Waals surface area contributed by atoms with Crippen LogP contribution in [0, 0.1) is 5.41 Å². The van der Waals surface area contributed by atoms with Crippen LogP contribution in [-0.2, 0) is 14.3 Å². The summed E-state index contributed by atoms with van der Waals surface area (Å²) in [6, 6.07) is 0. The van der Waals surface area contributed by atoms with Crippen LogP contribution in [0.25, 0.3) is 0 Å². The molecule has 0 radical (unpaired) electrons. The molecular formula is C9H10O3. The second-order valence-corrected chi connectivity index (χ2v) is 2.68. The van der Waals surface area contributed by atoms with E-state index in [1.165, 1.54) is 6.08 Å². The van der Waals surface area contributed by atoms with E-state index < -0.39 is 17.4 Å². The van der Waals surface area contributed by atoms with Crippen molar-refractivity contribution in [1.82, 2.24) is 0 Å². The summed E-state index contributed by atoms with van der Waals surface area (Å²) in [4.78, 5) is 21.9. The van der Waals surface area contributed by atoms with E-state index in [0.717, 1.165) is 0 Å². The summed E-state index contributed by atoms with van der Waals surface area (Å²) < 4.78 is 4.42. The lowest BCUT2D eigenvalue weighted by molar-refractivity contribution is -0.153. The Morgan fingerprint density at radius 3 is 2.58 bits per heavy atom. The largest absolute Gasteiger partial charge is 0.392 e. The molecular weight excluding hydrogens is 156 g/mol. The minimum Gasteiger partial charge on any atom is -0.392 e. The van der Waals surface area contributed by atoms with Crippen LogP contribution in [-0.4, -0.2) is 11.9 Å². The minimum absolute atomic E-state index is 0.0691. The number of carbonyl (C=O) groups is 2. The SMILES string of the molecule is C=CC1(/C=C/C)CC(=O)OC1=O. The molecule has 1 aliphatic rings. The molecule has 0 spiro atoms. The van der Waals surface area contributed by atoms with Crippen LogP contribution in [0.15, 0.2) is 24.8 Å². The lowest BCUT2D eigenvalue weighted by Gasteiger charge is -2.11. The number of allylic oxidation sites excluding steroid dienone is 1. The molecule has 3 heteroatoms. The van der Waals surface area contributed by atoms with Gasteiger partial charge in [-0.3, -0.25) is 9.59 Å². The third-order valence-corrected chi connectivity index (χ3v) is 1.85. The normalized spacial score (nSPS) is 29.4. The Labute approximate surface area is 70.7 Å². The van der Waals surface area contributed by atoms with E-state index in [9.17, 15) is 9.59 Å². The van der Waals surface area contributed by atoms with Crippen molar-refractivity contribution < 1.29 is 14.3 Å². The highest BCUT2D eigenvalue weighted by Gasteiger charge is 2.44. The first-order chi connectivity index (χ1) is 5.64. The van der Waals surface area contributed by atoms with Crippen molar-refractivity contribution in [2.24, 2.45) is 5.41 Å². The monoisotopic (exact) mass is 166 g/mol. The summed E-state index contributed by atoms with van der Waals surface area (Å²) in [5, 5.41) is 0. The zero-order valence-electron chi connectivity index (χ0n) is 6.87. The highest BCUT2D eigenvalue weighted by Crippen LogP contribution is 2.33. The minimum atomic E-state index is -0.911. The molecule has 1 rings (SSSR count). The average Bonchev–Trinajstić information content (AvgIpc) is 2.28. The summed E-state index contributed by atoms with van der Waals surface area (Å²) in [5.41, 5.74) is -0.911. The van der Waals surface area contributed by atoms with Crippen molar-refractivity contribution in [3.05, 3.63) is 24.8 Å². The van der Waals surface area contributed by atoms with Gasteiger partial charge in [-0.25, -0.2) is 0 Å². The first kappa shape index (κ1) is 8.71. The standard InChI is InChI=1S/C9H10O3/c1-3-5-9(4-2)6-7(10)12-8(9)11/h3-5H,2,6H2,1H3/b5-3+. The van der Waals surface area contributed by atoms with Crippen LogP contribution in [0.2, 0.25) is 0 Å². The quantitative estimate of drug-likeness (QED) is 0.352. The fourth-order valence-corrected chi connectivity index (χ4v) is 1.19. The molecule has 1 atom stereocenters. The van der Waals surface area contributed by atoms with E-state index in [1.807, 2.05) is 0 Å². The van der Waals surface area contributed by atoms with Gasteiger partial charge in [0.15, 0.2) is 0 Å². The summed E-state index contributed by atoms with van der Waals surface area (Å²) in [7, 11) is 0. The van der Waals surface area contributed by atoms with Gasteiger partial charge in [-0.2, -0.15) is 0 Å². The average molecular weight is 166 g/mol. The van der Waals surface area contributed by atoms with Crippen LogP contribution in [0.1, 0.15) is 13.3 Å². The molecule has 1 unspecified atom stereocenters. The second kappa shape index (κ2) is 2.93. The van der Waals surface area contributed by atoms with Gasteiger partial charge >= 0.3 is 11.9 Å². The Hall–Kier alpha value is -1.38. The van der Waals surface area contributed by atoms with Gasteiger partial charge in [-0.15, -0.1) is 6.58 Å². The highest BCUT2D eigenvalue weighted by atomic mass is 16.6. The summed E-state index contributed by atoms with van der Waals surface area (Å²) in [5.74, 6) is -1.02. The zero-order chi connectivity index (χ0) is 9.19. The fourth-order valence-electron chi connectivity index (χ4n) is 1.19. The smallest absolute Gasteiger partial charge is 0.328 e. The Balaban J connectivity index is 3.01. The molecule has 64 valence electrons. The van der Waals surface area contributed by atoms with E-state index in [1.54, 1.807) is 19.1 Å². The molecule has 0 amide bonds. The maximum atomic E-state index is 11.2. The van der Waals surface area contributed by atoms with Crippen molar-refractivity contribution in [1.29, 1.82) is 0 Å². The zero-order valence-corrected chi connectivity index (χ0v) is 6.87. The Morgan fingerprint density at radius 1 is 1.58 bits per heavy atom. The molecule has 12 heavy (non-hydrogen) atoms. The number of hydrogen-bond acceptors (Lipinski definition) is 3. The lowest BCUT2D eigenvalue weighted by Crippen LogP contribution is -2.20. The van der Waals surface area contributed by atoms with Gasteiger partial charge in [0.1, 0.15) is 5.41 Å². The fraction of sp³-hybridized carbons (Fsp3) is 0.333. The number of esters is 2. The predicted octanol–water partition coefficient (Wildman–Crippen LogP) is 1.21. The second-order valence-electron chi connectivity index (χ2n) is 2.68. The third-order valence-electron chi connectivity index (χ3n) is 1.85. The molecule has 0 N–H and O–H groups in total. The van der Waals surface area contributed by atoms with E-state index in [0.29, 0.717) is 0 Å². The number of hydrogen-bond donors (Lipinski definition) is 0. The maximum Gasteiger partial charge on any atom is 0.328 e. The van der Waals surface area contributed by atoms with Crippen LogP contribution < -0.4 is 0 Å². The molecule has 1 fully saturated rings. The van der Waals surface area contributed by atoms with E-state index in [4.69, 9.17) is 0 Å². The van der Waals surface area contributed by atoms with Crippen LogP contribution >= 0.6 is 0 Å². The summed E-state index contributed by atoms with van der Waals surface area (Å²) in [6.07, 6.45) is 4.86. The van der Waals surface area contributed by atoms with Gasteiger partial charge in [-0.05, 0) is 6.92 Å². The molecule has 0 aliphatic carbocycles. The molecule has 1 aliphatic heterocycles. The van der Waals surface area contributed by atoms with Gasteiger partial charge in [-0.1, -0.05) is 18.2 Å². The topological polar surface area (TPSA) is 43.4 Å². The molecule has 0 saturated carbocycles. The first-order valence-corrected chi connectivity index (χ1v) is 3.67. The Kier molecular flexibility index (Phi) is 2.13. The van der Waals surface area contributed by atoms with Crippen LogP contribution in [0.3, 0.4) is 0 Å². The Bertz CT molecular complexity index is 265. The van der Waals surface area contributed by atoms with E-state index in [-0.39, 0.29) is 6.42 Å². The summed E-state index contributed by atoms with van der Waals surface area (Å²) >= 11 is 0. The lowest BCUT2D eigenvalue weighted by atomic mass is 9.86. The predicted molar refractivity (Wildman–Crippen MR) is 43.2 cm³/mol. The Morgan fingerprint density at radius 2 is 2.25 bits per heavy atom. The molecule has 0 bridgehead atoms.